The summed E-state index contributed by atoms with van der Waals surface area (Å²) in [5, 5.41) is 12.4. The maximum atomic E-state index is 8.69. The molecule has 2 aromatic carbocycles. The fourth-order valence-electron chi connectivity index (χ4n) is 1.70. The summed E-state index contributed by atoms with van der Waals surface area (Å²) in [5.74, 6) is 0.117. The lowest BCUT2D eigenvalue weighted by molar-refractivity contribution is 0.318. The molecule has 0 unspecified atom stereocenters. The zero-order chi connectivity index (χ0) is 13.8. The van der Waals surface area contributed by atoms with Crippen LogP contribution >= 0.6 is 23.4 Å². The number of hydrogen-bond acceptors (Lipinski definition) is 3. The molecule has 98 valence electrons. The number of amidine groups is 1. The molecule has 0 radical (unpaired) electrons. The molecule has 2 rings (SSSR count). The lowest BCUT2D eigenvalue weighted by Crippen LogP contribution is -2.14. The Bertz CT molecular complexity index is 629. The number of oxime groups is 1. The molecule has 0 bridgehead atoms. The molecule has 0 saturated heterocycles. The van der Waals surface area contributed by atoms with Crippen molar-refractivity contribution in [3.8, 4) is 0 Å². The van der Waals surface area contributed by atoms with Gasteiger partial charge in [-0.15, -0.1) is 0 Å². The number of halogens is 1. The summed E-state index contributed by atoms with van der Waals surface area (Å²) in [6, 6.07) is 13.4. The van der Waals surface area contributed by atoms with Crippen LogP contribution in [0.25, 0.3) is 0 Å². The molecule has 0 amide bonds. The minimum Gasteiger partial charge on any atom is -0.409 e. The summed E-state index contributed by atoms with van der Waals surface area (Å²) in [6.07, 6.45) is 0. The first-order chi connectivity index (χ1) is 9.11. The van der Waals surface area contributed by atoms with E-state index in [4.69, 9.17) is 22.5 Å². The first-order valence-electron chi connectivity index (χ1n) is 5.62. The first-order valence-corrected chi connectivity index (χ1v) is 6.82. The Morgan fingerprint density at radius 3 is 2.63 bits per heavy atom. The maximum Gasteiger partial charge on any atom is 0.170 e. The van der Waals surface area contributed by atoms with Crippen LogP contribution in [0.2, 0.25) is 5.02 Å². The Hall–Kier alpha value is -1.65. The largest absolute Gasteiger partial charge is 0.409 e. The van der Waals surface area contributed by atoms with Crippen molar-refractivity contribution in [1.29, 1.82) is 0 Å². The molecule has 0 saturated carbocycles. The summed E-state index contributed by atoms with van der Waals surface area (Å²) in [4.78, 5) is 2.06. The Balaban J connectivity index is 2.29. The van der Waals surface area contributed by atoms with Gasteiger partial charge < -0.3 is 10.9 Å². The number of hydrogen-bond donors (Lipinski definition) is 2. The Labute approximate surface area is 121 Å². The molecule has 2 aromatic rings. The first kappa shape index (κ1) is 13.8. The molecule has 5 heteroatoms. The van der Waals surface area contributed by atoms with Crippen molar-refractivity contribution < 1.29 is 5.21 Å². The molecule has 19 heavy (non-hydrogen) atoms. The predicted molar refractivity (Wildman–Crippen MR) is 79.3 cm³/mol. The van der Waals surface area contributed by atoms with Gasteiger partial charge in [-0.25, -0.2) is 0 Å². The van der Waals surface area contributed by atoms with Gasteiger partial charge in [0.15, 0.2) is 5.84 Å². The van der Waals surface area contributed by atoms with Crippen LogP contribution in [0.5, 0.6) is 0 Å². The van der Waals surface area contributed by atoms with Gasteiger partial charge in [-0.1, -0.05) is 40.7 Å². The fraction of sp³-hybridized carbons (Fsp3) is 0.0714. The molecule has 0 atom stereocenters. The van der Waals surface area contributed by atoms with E-state index in [-0.39, 0.29) is 5.84 Å². The number of rotatable bonds is 3. The van der Waals surface area contributed by atoms with Crippen LogP contribution in [-0.4, -0.2) is 11.0 Å². The van der Waals surface area contributed by atoms with Crippen molar-refractivity contribution in [2.24, 2.45) is 10.9 Å². The minimum absolute atomic E-state index is 0.117. The highest BCUT2D eigenvalue weighted by molar-refractivity contribution is 7.99. The number of nitrogens with two attached hydrogens (primary N) is 1. The van der Waals surface area contributed by atoms with E-state index in [1.54, 1.807) is 11.8 Å². The summed E-state index contributed by atoms with van der Waals surface area (Å²) in [5.41, 5.74) is 7.27. The van der Waals surface area contributed by atoms with E-state index >= 15 is 0 Å². The van der Waals surface area contributed by atoms with Gasteiger partial charge in [0.25, 0.3) is 0 Å². The van der Waals surface area contributed by atoms with Crippen LogP contribution in [0.4, 0.5) is 0 Å². The molecule has 0 fully saturated rings. The van der Waals surface area contributed by atoms with Gasteiger partial charge >= 0.3 is 0 Å². The van der Waals surface area contributed by atoms with Crippen LogP contribution in [0.3, 0.4) is 0 Å². The van der Waals surface area contributed by atoms with Crippen LogP contribution in [0.1, 0.15) is 11.1 Å². The lowest BCUT2D eigenvalue weighted by atomic mass is 10.1. The Kier molecular flexibility index (Phi) is 4.35. The third kappa shape index (κ3) is 3.22. The van der Waals surface area contributed by atoms with Gasteiger partial charge in [-0.3, -0.25) is 0 Å². The van der Waals surface area contributed by atoms with Gasteiger partial charge in [-0.2, -0.15) is 0 Å². The van der Waals surface area contributed by atoms with Gasteiger partial charge in [0, 0.05) is 15.4 Å². The minimum atomic E-state index is 0.117. The van der Waals surface area contributed by atoms with Crippen LogP contribution in [0.15, 0.2) is 57.4 Å². The van der Waals surface area contributed by atoms with E-state index in [1.807, 2.05) is 49.4 Å². The SMILES string of the molecule is Cc1cc(Sc2ccccc2Cl)ccc1/C(N)=N/O. The van der Waals surface area contributed by atoms with Gasteiger partial charge in [-0.05, 0) is 42.8 Å². The lowest BCUT2D eigenvalue weighted by Gasteiger charge is -2.08. The molecule has 3 N–H and O–H groups in total. The van der Waals surface area contributed by atoms with Crippen LogP contribution in [-0.2, 0) is 0 Å². The average molecular weight is 293 g/mol. The van der Waals surface area contributed by atoms with Crippen molar-refractivity contribution in [1.82, 2.24) is 0 Å². The monoisotopic (exact) mass is 292 g/mol. The number of benzene rings is 2. The number of aryl methyl sites for hydroxylation is 1. The zero-order valence-corrected chi connectivity index (χ0v) is 11.9. The Morgan fingerprint density at radius 2 is 2.00 bits per heavy atom. The smallest absolute Gasteiger partial charge is 0.170 e. The normalized spacial score (nSPS) is 11.6. The Morgan fingerprint density at radius 1 is 1.26 bits per heavy atom. The highest BCUT2D eigenvalue weighted by Crippen LogP contribution is 2.33. The topological polar surface area (TPSA) is 58.6 Å². The van der Waals surface area contributed by atoms with Crippen molar-refractivity contribution >= 4 is 29.2 Å². The molecular weight excluding hydrogens is 280 g/mol. The zero-order valence-electron chi connectivity index (χ0n) is 10.3. The molecule has 0 heterocycles. The third-order valence-corrected chi connectivity index (χ3v) is 4.15. The second-order valence-electron chi connectivity index (χ2n) is 3.99. The van der Waals surface area contributed by atoms with E-state index in [1.165, 1.54) is 0 Å². The van der Waals surface area contributed by atoms with Crippen molar-refractivity contribution in [3.05, 3.63) is 58.6 Å². The summed E-state index contributed by atoms with van der Waals surface area (Å²) in [7, 11) is 0. The van der Waals surface area contributed by atoms with Crippen LogP contribution < -0.4 is 5.73 Å². The highest BCUT2D eigenvalue weighted by atomic mass is 35.5. The third-order valence-electron chi connectivity index (χ3n) is 2.65. The quantitative estimate of drug-likeness (QED) is 0.390. The van der Waals surface area contributed by atoms with E-state index in [0.29, 0.717) is 0 Å². The molecule has 0 aliphatic carbocycles. The van der Waals surface area contributed by atoms with E-state index in [2.05, 4.69) is 5.16 Å². The molecule has 3 nitrogen and oxygen atoms in total. The second-order valence-corrected chi connectivity index (χ2v) is 5.52. The van der Waals surface area contributed by atoms with Gasteiger partial charge in [0.05, 0.1) is 5.02 Å². The summed E-state index contributed by atoms with van der Waals surface area (Å²) < 4.78 is 0. The van der Waals surface area contributed by atoms with E-state index in [0.717, 1.165) is 25.9 Å². The number of nitrogens with zero attached hydrogens (tertiary/aromatic N) is 1. The van der Waals surface area contributed by atoms with E-state index in [9.17, 15) is 0 Å². The fourth-order valence-corrected chi connectivity index (χ4v) is 2.88. The van der Waals surface area contributed by atoms with Crippen molar-refractivity contribution in [2.75, 3.05) is 0 Å². The molecule has 0 aliphatic rings. The van der Waals surface area contributed by atoms with Crippen LogP contribution in [0, 0.1) is 6.92 Å². The van der Waals surface area contributed by atoms with Crippen molar-refractivity contribution in [3.63, 3.8) is 0 Å². The van der Waals surface area contributed by atoms with Gasteiger partial charge in [0.2, 0.25) is 0 Å². The summed E-state index contributed by atoms with van der Waals surface area (Å²) in [6.45, 7) is 1.92. The average Bonchev–Trinajstić information content (AvgIpc) is 2.41. The molecule has 0 spiro atoms. The standard InChI is InChI=1S/C14H13ClN2OS/c1-9-8-10(6-7-11(9)14(16)17-18)19-13-5-3-2-4-12(13)15/h2-8,18H,1H3,(H2,16,17). The molecule has 0 aromatic heterocycles. The molecular formula is C14H13ClN2OS. The maximum absolute atomic E-state index is 8.69. The van der Waals surface area contributed by atoms with Gasteiger partial charge in [0.1, 0.15) is 0 Å². The predicted octanol–water partition coefficient (Wildman–Crippen LogP) is 3.89. The van der Waals surface area contributed by atoms with E-state index < -0.39 is 0 Å². The van der Waals surface area contributed by atoms with Crippen molar-refractivity contribution in [2.45, 2.75) is 16.7 Å². The summed E-state index contributed by atoms with van der Waals surface area (Å²) >= 11 is 7.71. The molecule has 0 aliphatic heterocycles. The highest BCUT2D eigenvalue weighted by Gasteiger charge is 2.07. The second kappa shape index (κ2) is 5.99.